The number of aromatic nitrogens is 1. The average molecular weight is 440 g/mol. The predicted octanol–water partition coefficient (Wildman–Crippen LogP) is 2.63. The van der Waals surface area contributed by atoms with Gasteiger partial charge in [-0.05, 0) is 24.3 Å². The zero-order valence-corrected chi connectivity index (χ0v) is 17.1. The van der Waals surface area contributed by atoms with Crippen LogP contribution < -0.4 is 4.72 Å². The number of nitrogens with zero attached hydrogens (tertiary/aromatic N) is 2. The minimum Gasteiger partial charge on any atom is -0.476 e. The Kier molecular flexibility index (Phi) is 6.70. The van der Waals surface area contributed by atoms with Gasteiger partial charge in [0.25, 0.3) is 0 Å². The molecular weight excluding hydrogens is 418 g/mol. The van der Waals surface area contributed by atoms with Crippen molar-refractivity contribution in [3.8, 4) is 0 Å². The summed E-state index contributed by atoms with van der Waals surface area (Å²) in [6.45, 7) is 1.05. The van der Waals surface area contributed by atoms with Crippen LogP contribution in [0.15, 0.2) is 35.7 Å². The molecule has 1 saturated heterocycles. The third-order valence-corrected chi connectivity index (χ3v) is 6.80. The van der Waals surface area contributed by atoms with Crippen LogP contribution in [-0.4, -0.2) is 54.3 Å². The van der Waals surface area contributed by atoms with Crippen LogP contribution in [0.25, 0.3) is 0 Å². The molecular formula is C18H21N3O6S2. The van der Waals surface area contributed by atoms with Crippen molar-refractivity contribution < 1.29 is 27.9 Å². The number of ether oxygens (including phenoxy) is 1. The van der Waals surface area contributed by atoms with Crippen LogP contribution in [-0.2, 0) is 21.4 Å². The molecule has 1 aliphatic rings. The second-order valence-electron chi connectivity index (χ2n) is 6.70. The van der Waals surface area contributed by atoms with Gasteiger partial charge < -0.3 is 14.7 Å². The second-order valence-corrected chi connectivity index (χ2v) is 9.32. The van der Waals surface area contributed by atoms with E-state index in [1.165, 1.54) is 5.38 Å². The Morgan fingerprint density at radius 2 is 1.93 bits per heavy atom. The van der Waals surface area contributed by atoms with E-state index in [9.17, 15) is 18.0 Å². The zero-order chi connectivity index (χ0) is 20.9. The highest BCUT2D eigenvalue weighted by molar-refractivity contribution is 7.92. The highest BCUT2D eigenvalue weighted by atomic mass is 32.2. The Morgan fingerprint density at radius 1 is 1.24 bits per heavy atom. The van der Waals surface area contributed by atoms with Crippen LogP contribution in [0.1, 0.15) is 28.9 Å². The molecule has 0 aliphatic carbocycles. The largest absolute Gasteiger partial charge is 0.476 e. The van der Waals surface area contributed by atoms with Gasteiger partial charge in [-0.15, -0.1) is 11.3 Å². The summed E-state index contributed by atoms with van der Waals surface area (Å²) < 4.78 is 32.3. The number of hydrogen-bond acceptors (Lipinski definition) is 7. The molecule has 1 aromatic heterocycles. The van der Waals surface area contributed by atoms with Gasteiger partial charge in [0.05, 0.1) is 5.75 Å². The summed E-state index contributed by atoms with van der Waals surface area (Å²) in [7, 11) is -3.66. The van der Waals surface area contributed by atoms with E-state index in [0.29, 0.717) is 25.9 Å². The van der Waals surface area contributed by atoms with Crippen LogP contribution in [0.3, 0.4) is 0 Å². The van der Waals surface area contributed by atoms with Crippen molar-refractivity contribution >= 4 is 38.6 Å². The second kappa shape index (κ2) is 9.23. The van der Waals surface area contributed by atoms with Crippen LogP contribution in [0.5, 0.6) is 0 Å². The quantitative estimate of drug-likeness (QED) is 0.679. The first kappa shape index (κ1) is 21.1. The molecule has 2 aromatic rings. The summed E-state index contributed by atoms with van der Waals surface area (Å²) in [5.41, 5.74) is 0.705. The molecule has 1 aromatic carbocycles. The van der Waals surface area contributed by atoms with Crippen molar-refractivity contribution in [3.63, 3.8) is 0 Å². The Bertz CT molecular complexity index is 953. The molecule has 11 heteroatoms. The van der Waals surface area contributed by atoms with Gasteiger partial charge in [-0.2, -0.15) is 0 Å². The maximum Gasteiger partial charge on any atom is 0.410 e. The lowest BCUT2D eigenvalue weighted by molar-refractivity contribution is 0.0691. The molecule has 0 bridgehead atoms. The average Bonchev–Trinajstić information content (AvgIpc) is 3.15. The van der Waals surface area contributed by atoms with E-state index < -0.39 is 22.1 Å². The number of aromatic carboxylic acids is 1. The molecule has 0 saturated carbocycles. The van der Waals surface area contributed by atoms with Crippen molar-refractivity contribution in [1.29, 1.82) is 0 Å². The minimum absolute atomic E-state index is 0.0318. The van der Waals surface area contributed by atoms with Gasteiger partial charge in [-0.1, -0.05) is 30.3 Å². The lowest BCUT2D eigenvalue weighted by Gasteiger charge is -2.31. The topological polar surface area (TPSA) is 126 Å². The number of nitrogens with one attached hydrogen (secondary N) is 1. The van der Waals surface area contributed by atoms with E-state index in [1.807, 2.05) is 30.3 Å². The third-order valence-electron chi connectivity index (χ3n) is 4.50. The summed E-state index contributed by atoms with van der Waals surface area (Å²) in [6, 6.07) is 9.38. The number of carbonyl (C=O) groups excluding carboxylic acids is 1. The number of piperidine rings is 1. The number of carbonyl (C=O) groups is 2. The summed E-state index contributed by atoms with van der Waals surface area (Å²) in [6.07, 6.45) is 0.677. The van der Waals surface area contributed by atoms with Gasteiger partial charge in [-0.25, -0.2) is 23.0 Å². The van der Waals surface area contributed by atoms with Crippen molar-refractivity contribution in [2.75, 3.05) is 23.6 Å². The van der Waals surface area contributed by atoms with E-state index in [2.05, 4.69) is 9.71 Å². The van der Waals surface area contributed by atoms with E-state index in [-0.39, 0.29) is 29.1 Å². The van der Waals surface area contributed by atoms with Gasteiger partial charge in [0.2, 0.25) is 10.0 Å². The van der Waals surface area contributed by atoms with Crippen LogP contribution in [0.2, 0.25) is 0 Å². The standard InChI is InChI=1S/C18H21N3O6S2/c22-16(23)15-11-28-17(19-15)20-29(25,26)12-14-6-8-21(9-7-14)18(24)27-10-13-4-2-1-3-5-13/h1-5,11,14H,6-10,12H2,(H,19,20)(H,22,23). The van der Waals surface area contributed by atoms with Crippen molar-refractivity contribution in [2.45, 2.75) is 19.4 Å². The third kappa shape index (κ3) is 6.16. The normalized spacial score (nSPS) is 15.1. The molecule has 0 unspecified atom stereocenters. The van der Waals surface area contributed by atoms with Crippen molar-refractivity contribution in [1.82, 2.24) is 9.88 Å². The number of hydrogen-bond donors (Lipinski definition) is 2. The molecule has 156 valence electrons. The van der Waals surface area contributed by atoms with Crippen LogP contribution in [0.4, 0.5) is 9.93 Å². The molecule has 1 amide bonds. The summed E-state index contributed by atoms with van der Waals surface area (Å²) in [4.78, 5) is 28.3. The van der Waals surface area contributed by atoms with Gasteiger partial charge in [0, 0.05) is 18.5 Å². The first-order chi connectivity index (χ1) is 13.8. The first-order valence-corrected chi connectivity index (χ1v) is 11.5. The van der Waals surface area contributed by atoms with Crippen molar-refractivity contribution in [3.05, 3.63) is 47.0 Å². The molecule has 1 fully saturated rings. The number of benzene rings is 1. The van der Waals surface area contributed by atoms with Crippen LogP contribution >= 0.6 is 11.3 Å². The number of sulfonamides is 1. The summed E-state index contributed by atoms with van der Waals surface area (Å²) >= 11 is 0.923. The van der Waals surface area contributed by atoms with Crippen molar-refractivity contribution in [2.24, 2.45) is 5.92 Å². The van der Waals surface area contributed by atoms with Gasteiger partial charge in [0.1, 0.15) is 6.61 Å². The molecule has 2 N–H and O–H groups in total. The number of amides is 1. The first-order valence-electron chi connectivity index (χ1n) is 8.97. The molecule has 0 atom stereocenters. The van der Waals surface area contributed by atoms with E-state index in [4.69, 9.17) is 9.84 Å². The fourth-order valence-corrected chi connectivity index (χ4v) is 5.45. The Hall–Kier alpha value is -2.66. The Morgan fingerprint density at radius 3 is 2.55 bits per heavy atom. The fourth-order valence-electron chi connectivity index (χ4n) is 3.00. The van der Waals surface area contributed by atoms with E-state index in [1.54, 1.807) is 4.90 Å². The molecule has 0 radical (unpaired) electrons. The highest BCUT2D eigenvalue weighted by Crippen LogP contribution is 2.22. The number of thiazole rings is 1. The molecule has 29 heavy (non-hydrogen) atoms. The van der Waals surface area contributed by atoms with E-state index >= 15 is 0 Å². The number of anilines is 1. The smallest absolute Gasteiger partial charge is 0.410 e. The lowest BCUT2D eigenvalue weighted by atomic mass is 9.99. The number of carboxylic acid groups (broad SMARTS) is 1. The SMILES string of the molecule is O=C(O)c1csc(NS(=O)(=O)CC2CCN(C(=O)OCc3ccccc3)CC2)n1. The molecule has 3 rings (SSSR count). The number of rotatable bonds is 7. The number of likely N-dealkylation sites (tertiary alicyclic amines) is 1. The summed E-state index contributed by atoms with van der Waals surface area (Å²) in [5, 5.41) is 10.2. The maximum absolute atomic E-state index is 12.3. The van der Waals surface area contributed by atoms with Gasteiger partial charge in [0.15, 0.2) is 10.8 Å². The minimum atomic E-state index is -3.66. The highest BCUT2D eigenvalue weighted by Gasteiger charge is 2.28. The molecule has 0 spiro atoms. The molecule has 9 nitrogen and oxygen atoms in total. The number of carboxylic acids is 1. The maximum atomic E-state index is 12.3. The Labute approximate surface area is 172 Å². The zero-order valence-electron chi connectivity index (χ0n) is 15.5. The fraction of sp³-hybridized carbons (Fsp3) is 0.389. The van der Waals surface area contributed by atoms with Gasteiger partial charge in [-0.3, -0.25) is 4.72 Å². The predicted molar refractivity (Wildman–Crippen MR) is 107 cm³/mol. The lowest BCUT2D eigenvalue weighted by Crippen LogP contribution is -2.40. The molecule has 1 aliphatic heterocycles. The van der Waals surface area contributed by atoms with E-state index in [0.717, 1.165) is 16.9 Å². The van der Waals surface area contributed by atoms with Crippen LogP contribution in [0, 0.1) is 5.92 Å². The Balaban J connectivity index is 1.44. The monoisotopic (exact) mass is 439 g/mol. The van der Waals surface area contributed by atoms with Gasteiger partial charge >= 0.3 is 12.1 Å². The molecule has 2 heterocycles. The summed E-state index contributed by atoms with van der Waals surface area (Å²) in [5.74, 6) is -1.43.